The van der Waals surface area contributed by atoms with E-state index in [0.717, 1.165) is 26.2 Å². The van der Waals surface area contributed by atoms with Gasteiger partial charge in [0.2, 0.25) is 5.91 Å². The van der Waals surface area contributed by atoms with Crippen LogP contribution in [0.4, 0.5) is 0 Å². The molecule has 0 bridgehead atoms. The van der Waals surface area contributed by atoms with Crippen LogP contribution in [0.1, 0.15) is 39.0 Å². The van der Waals surface area contributed by atoms with Gasteiger partial charge in [0, 0.05) is 13.1 Å². The van der Waals surface area contributed by atoms with Crippen LogP contribution in [-0.4, -0.2) is 61.5 Å². The van der Waals surface area contributed by atoms with E-state index in [2.05, 4.69) is 29.1 Å². The Balaban J connectivity index is 1.72. The Labute approximate surface area is 117 Å². The third-order valence-electron chi connectivity index (χ3n) is 4.62. The molecule has 0 radical (unpaired) electrons. The minimum Gasteiger partial charge on any atom is -0.354 e. The van der Waals surface area contributed by atoms with Gasteiger partial charge in [0.25, 0.3) is 0 Å². The van der Waals surface area contributed by atoms with Crippen LogP contribution in [0, 0.1) is 5.92 Å². The second-order valence-corrected chi connectivity index (χ2v) is 6.29. The molecule has 0 spiro atoms. The van der Waals surface area contributed by atoms with Gasteiger partial charge in [-0.3, -0.25) is 9.69 Å². The molecular weight excluding hydrogens is 238 g/mol. The highest BCUT2D eigenvalue weighted by atomic mass is 16.2. The third kappa shape index (κ3) is 4.46. The molecule has 2 saturated heterocycles. The number of hydrogen-bond acceptors (Lipinski definition) is 3. The molecule has 2 atom stereocenters. The van der Waals surface area contributed by atoms with E-state index >= 15 is 0 Å². The van der Waals surface area contributed by atoms with Crippen LogP contribution in [0.5, 0.6) is 0 Å². The van der Waals surface area contributed by atoms with Crippen molar-refractivity contribution in [3.8, 4) is 0 Å². The number of nitrogens with one attached hydrogen (secondary N) is 1. The predicted octanol–water partition coefficient (Wildman–Crippen LogP) is 1.32. The Morgan fingerprint density at radius 3 is 2.47 bits per heavy atom. The van der Waals surface area contributed by atoms with Gasteiger partial charge in [-0.15, -0.1) is 0 Å². The fourth-order valence-corrected chi connectivity index (χ4v) is 3.23. The van der Waals surface area contributed by atoms with Crippen LogP contribution in [-0.2, 0) is 4.79 Å². The standard InChI is InChI=1S/C15H29N3O/c1-13(18-8-5-3-4-6-9-18)15(19)16-11-14-7-10-17(2)12-14/h13-14H,3-12H2,1-2H3,(H,16,19)/t13-,14-/m0/s1. The van der Waals surface area contributed by atoms with Gasteiger partial charge >= 0.3 is 0 Å². The quantitative estimate of drug-likeness (QED) is 0.834. The lowest BCUT2D eigenvalue weighted by atomic mass is 10.1. The summed E-state index contributed by atoms with van der Waals surface area (Å²) in [5.74, 6) is 0.863. The summed E-state index contributed by atoms with van der Waals surface area (Å²) in [6.07, 6.45) is 6.34. The van der Waals surface area contributed by atoms with E-state index in [9.17, 15) is 4.79 Å². The third-order valence-corrected chi connectivity index (χ3v) is 4.62. The summed E-state index contributed by atoms with van der Waals surface area (Å²) in [4.78, 5) is 16.9. The van der Waals surface area contributed by atoms with Gasteiger partial charge in [0.05, 0.1) is 6.04 Å². The lowest BCUT2D eigenvalue weighted by Gasteiger charge is -2.27. The number of carbonyl (C=O) groups is 1. The first kappa shape index (κ1) is 14.8. The average molecular weight is 267 g/mol. The summed E-state index contributed by atoms with van der Waals surface area (Å²) < 4.78 is 0. The fourth-order valence-electron chi connectivity index (χ4n) is 3.23. The molecule has 0 saturated carbocycles. The number of carbonyl (C=O) groups excluding carboxylic acids is 1. The first-order chi connectivity index (χ1) is 9.16. The smallest absolute Gasteiger partial charge is 0.237 e. The molecular formula is C15H29N3O. The summed E-state index contributed by atoms with van der Waals surface area (Å²) in [5, 5.41) is 3.16. The maximum atomic E-state index is 12.2. The Kier molecular flexibility index (Phi) is 5.64. The topological polar surface area (TPSA) is 35.6 Å². The van der Waals surface area contributed by atoms with E-state index in [0.29, 0.717) is 5.92 Å². The Morgan fingerprint density at radius 2 is 1.89 bits per heavy atom. The zero-order chi connectivity index (χ0) is 13.7. The van der Waals surface area contributed by atoms with Crippen LogP contribution in [0.3, 0.4) is 0 Å². The molecule has 2 rings (SSSR count). The van der Waals surface area contributed by atoms with E-state index in [4.69, 9.17) is 0 Å². The van der Waals surface area contributed by atoms with Crippen molar-refractivity contribution in [2.45, 2.75) is 45.1 Å². The van der Waals surface area contributed by atoms with Gasteiger partial charge in [0.1, 0.15) is 0 Å². The molecule has 0 aromatic rings. The SMILES string of the molecule is C[C@@H](C(=O)NC[C@@H]1CCN(C)C1)N1CCCCCC1. The normalized spacial score (nSPS) is 28.0. The number of likely N-dealkylation sites (tertiary alicyclic amines) is 2. The Bertz CT molecular complexity index is 287. The monoisotopic (exact) mass is 267 g/mol. The van der Waals surface area contributed by atoms with Gasteiger partial charge in [0.15, 0.2) is 0 Å². The molecule has 2 aliphatic rings. The van der Waals surface area contributed by atoms with Crippen molar-refractivity contribution < 1.29 is 4.79 Å². The van der Waals surface area contributed by atoms with Crippen LogP contribution in [0.15, 0.2) is 0 Å². The molecule has 1 amide bonds. The largest absolute Gasteiger partial charge is 0.354 e. The molecule has 0 aromatic carbocycles. The van der Waals surface area contributed by atoms with Crippen molar-refractivity contribution in [2.24, 2.45) is 5.92 Å². The number of amides is 1. The van der Waals surface area contributed by atoms with Gasteiger partial charge in [-0.25, -0.2) is 0 Å². The van der Waals surface area contributed by atoms with E-state index in [1.54, 1.807) is 0 Å². The second kappa shape index (κ2) is 7.25. The highest BCUT2D eigenvalue weighted by Crippen LogP contribution is 2.14. The summed E-state index contributed by atoms with van der Waals surface area (Å²) in [6, 6.07) is 0.0391. The average Bonchev–Trinajstić information content (AvgIpc) is 2.67. The summed E-state index contributed by atoms with van der Waals surface area (Å²) >= 11 is 0. The van der Waals surface area contributed by atoms with E-state index in [1.807, 2.05) is 0 Å². The molecule has 2 aliphatic heterocycles. The number of hydrogen-bond donors (Lipinski definition) is 1. The number of rotatable bonds is 4. The molecule has 19 heavy (non-hydrogen) atoms. The van der Waals surface area contributed by atoms with Crippen LogP contribution < -0.4 is 5.32 Å². The van der Waals surface area contributed by atoms with Gasteiger partial charge < -0.3 is 10.2 Å². The predicted molar refractivity (Wildman–Crippen MR) is 78.1 cm³/mol. The lowest BCUT2D eigenvalue weighted by Crippen LogP contribution is -2.46. The molecule has 2 heterocycles. The highest BCUT2D eigenvalue weighted by molar-refractivity contribution is 5.81. The Morgan fingerprint density at radius 1 is 1.21 bits per heavy atom. The lowest BCUT2D eigenvalue weighted by molar-refractivity contribution is -0.126. The zero-order valence-electron chi connectivity index (χ0n) is 12.5. The first-order valence-electron chi connectivity index (χ1n) is 7.87. The molecule has 0 unspecified atom stereocenters. The van der Waals surface area contributed by atoms with Crippen LogP contribution in [0.25, 0.3) is 0 Å². The molecule has 110 valence electrons. The van der Waals surface area contributed by atoms with Crippen molar-refractivity contribution >= 4 is 5.91 Å². The van der Waals surface area contributed by atoms with Crippen LogP contribution in [0.2, 0.25) is 0 Å². The zero-order valence-corrected chi connectivity index (χ0v) is 12.5. The Hall–Kier alpha value is -0.610. The minimum atomic E-state index is 0.0391. The fraction of sp³-hybridized carbons (Fsp3) is 0.933. The van der Waals surface area contributed by atoms with Crippen LogP contribution >= 0.6 is 0 Å². The van der Waals surface area contributed by atoms with E-state index in [-0.39, 0.29) is 11.9 Å². The minimum absolute atomic E-state index is 0.0391. The van der Waals surface area contributed by atoms with Crippen molar-refractivity contribution in [3.05, 3.63) is 0 Å². The molecule has 0 aromatic heterocycles. The van der Waals surface area contributed by atoms with E-state index in [1.165, 1.54) is 38.6 Å². The highest BCUT2D eigenvalue weighted by Gasteiger charge is 2.24. The van der Waals surface area contributed by atoms with Crippen molar-refractivity contribution in [2.75, 3.05) is 39.8 Å². The van der Waals surface area contributed by atoms with Gasteiger partial charge in [-0.2, -0.15) is 0 Å². The molecule has 0 aliphatic carbocycles. The van der Waals surface area contributed by atoms with Crippen molar-refractivity contribution in [3.63, 3.8) is 0 Å². The maximum Gasteiger partial charge on any atom is 0.237 e. The summed E-state index contributed by atoms with van der Waals surface area (Å²) in [6.45, 7) is 7.37. The maximum absolute atomic E-state index is 12.2. The molecule has 4 heteroatoms. The van der Waals surface area contributed by atoms with E-state index < -0.39 is 0 Å². The van der Waals surface area contributed by atoms with Crippen molar-refractivity contribution in [1.29, 1.82) is 0 Å². The first-order valence-corrected chi connectivity index (χ1v) is 7.87. The molecule has 1 N–H and O–H groups in total. The second-order valence-electron chi connectivity index (χ2n) is 6.29. The van der Waals surface area contributed by atoms with Gasteiger partial charge in [-0.05, 0) is 58.8 Å². The summed E-state index contributed by atoms with van der Waals surface area (Å²) in [7, 11) is 2.15. The number of nitrogens with zero attached hydrogens (tertiary/aromatic N) is 2. The summed E-state index contributed by atoms with van der Waals surface area (Å²) in [5.41, 5.74) is 0. The molecule has 4 nitrogen and oxygen atoms in total. The van der Waals surface area contributed by atoms with Crippen molar-refractivity contribution in [1.82, 2.24) is 15.1 Å². The molecule has 2 fully saturated rings. The van der Waals surface area contributed by atoms with Gasteiger partial charge in [-0.1, -0.05) is 12.8 Å².